The van der Waals surface area contributed by atoms with E-state index < -0.39 is 34.9 Å². The summed E-state index contributed by atoms with van der Waals surface area (Å²) >= 11 is 0. The van der Waals surface area contributed by atoms with Crippen molar-refractivity contribution >= 4 is 27.6 Å². The first-order valence-corrected chi connectivity index (χ1v) is 16.3. The van der Waals surface area contributed by atoms with Crippen molar-refractivity contribution in [2.45, 2.75) is 57.5 Å². The van der Waals surface area contributed by atoms with Crippen molar-refractivity contribution in [1.29, 1.82) is 0 Å². The molecule has 1 saturated carbocycles. The van der Waals surface area contributed by atoms with E-state index in [1.165, 1.54) is 19.2 Å². The molecule has 3 saturated heterocycles. The molecule has 2 aromatic heterocycles. The number of nitrogens with one attached hydrogen (secondary N) is 2. The number of rotatable bonds is 8. The molecule has 0 unspecified atom stereocenters. The normalized spacial score (nSPS) is 24.1. The monoisotopic (exact) mass is 673 g/mol. The molecule has 10 nitrogen and oxygen atoms in total. The lowest BCUT2D eigenvalue weighted by molar-refractivity contribution is -0.274. The molecule has 0 amide bonds. The van der Waals surface area contributed by atoms with E-state index in [0.29, 0.717) is 44.2 Å². The van der Waals surface area contributed by atoms with Gasteiger partial charge in [0.15, 0.2) is 5.82 Å². The zero-order valence-corrected chi connectivity index (χ0v) is 26.6. The van der Waals surface area contributed by atoms with Crippen LogP contribution in [0.15, 0.2) is 18.3 Å². The number of morpholine rings is 1. The number of ether oxygens (including phenoxy) is 3. The highest BCUT2D eigenvalue weighted by Gasteiger charge is 2.46. The second-order valence-electron chi connectivity index (χ2n) is 14.0. The standard InChI is InChI=1S/C33H36F5N7O3/c1-18-11-23-21(13-39-43-23)24(28(18)48-33(36,37)38)25-22(34)12-20-27(26(25)35)40-30(41-29(20)45-14-19-3-4-31(2,15-45)42-19)47-17-32(5-6-32)16-44-7-9-46-10-8-44/h11-13,19,42H,3-10,14-17H2,1-2H3,(H,39,43)/t19-,31+/m1/s1. The van der Waals surface area contributed by atoms with E-state index in [-0.39, 0.29) is 44.9 Å². The fraction of sp³-hybridized carbons (Fsp3) is 0.545. The Morgan fingerprint density at radius 1 is 1.06 bits per heavy atom. The third-order valence-electron chi connectivity index (χ3n) is 10.2. The summed E-state index contributed by atoms with van der Waals surface area (Å²) in [4.78, 5) is 13.6. The lowest BCUT2D eigenvalue weighted by atomic mass is 9.95. The maximum absolute atomic E-state index is 17.0. The van der Waals surface area contributed by atoms with E-state index in [0.717, 1.165) is 51.4 Å². The molecule has 15 heteroatoms. The number of benzene rings is 2. The molecule has 48 heavy (non-hydrogen) atoms. The third-order valence-corrected chi connectivity index (χ3v) is 10.2. The fourth-order valence-corrected chi connectivity index (χ4v) is 7.68. The number of aromatic nitrogens is 4. The molecule has 0 spiro atoms. The fourth-order valence-electron chi connectivity index (χ4n) is 7.68. The van der Waals surface area contributed by atoms with Gasteiger partial charge in [-0.05, 0) is 57.2 Å². The van der Waals surface area contributed by atoms with Crippen LogP contribution >= 0.6 is 0 Å². The van der Waals surface area contributed by atoms with Gasteiger partial charge in [-0.3, -0.25) is 10.00 Å². The molecule has 4 fully saturated rings. The summed E-state index contributed by atoms with van der Waals surface area (Å²) < 4.78 is 90.4. The second kappa shape index (κ2) is 11.4. The first kappa shape index (κ1) is 31.4. The topological polar surface area (TPSA) is 101 Å². The molecule has 2 atom stereocenters. The van der Waals surface area contributed by atoms with Crippen LogP contribution in [-0.2, 0) is 4.74 Å². The van der Waals surface area contributed by atoms with Gasteiger partial charge in [-0.15, -0.1) is 13.2 Å². The van der Waals surface area contributed by atoms with Gasteiger partial charge in [0.25, 0.3) is 0 Å². The molecule has 8 rings (SSSR count). The maximum Gasteiger partial charge on any atom is 0.573 e. The summed E-state index contributed by atoms with van der Waals surface area (Å²) in [7, 11) is 0. The van der Waals surface area contributed by atoms with E-state index >= 15 is 8.78 Å². The van der Waals surface area contributed by atoms with Crippen molar-refractivity contribution in [3.8, 4) is 22.9 Å². The minimum absolute atomic E-state index is 0.0184. The zero-order chi connectivity index (χ0) is 33.4. The number of nitrogens with zero attached hydrogens (tertiary/aromatic N) is 5. The Bertz CT molecular complexity index is 1890. The average Bonchev–Trinajstić information content (AvgIpc) is 3.53. The zero-order valence-electron chi connectivity index (χ0n) is 26.6. The molecule has 3 aliphatic heterocycles. The molecular weight excluding hydrogens is 637 g/mol. The Balaban J connectivity index is 1.25. The van der Waals surface area contributed by atoms with Gasteiger partial charge in [0.2, 0.25) is 0 Å². The first-order chi connectivity index (χ1) is 22.9. The molecule has 256 valence electrons. The van der Waals surface area contributed by atoms with Gasteiger partial charge < -0.3 is 24.4 Å². The summed E-state index contributed by atoms with van der Waals surface area (Å²) in [6, 6.07) is 2.59. The molecule has 2 aromatic carbocycles. The third kappa shape index (κ3) is 5.79. The predicted octanol–water partition coefficient (Wildman–Crippen LogP) is 5.48. The molecule has 1 aliphatic carbocycles. The summed E-state index contributed by atoms with van der Waals surface area (Å²) in [5.41, 5.74) is -1.37. The quantitative estimate of drug-likeness (QED) is 0.236. The number of anilines is 1. The molecular formula is C33H36F5N7O3. The van der Waals surface area contributed by atoms with Crippen LogP contribution in [0.4, 0.5) is 27.8 Å². The van der Waals surface area contributed by atoms with Gasteiger partial charge in [-0.25, -0.2) is 8.78 Å². The van der Waals surface area contributed by atoms with E-state index in [1.807, 2.05) is 4.90 Å². The van der Waals surface area contributed by atoms with Crippen LogP contribution in [-0.4, -0.2) is 95.6 Å². The van der Waals surface area contributed by atoms with Gasteiger partial charge in [0.1, 0.15) is 22.9 Å². The number of halogens is 5. The molecule has 4 aliphatic rings. The van der Waals surface area contributed by atoms with Crippen LogP contribution in [0.3, 0.4) is 0 Å². The second-order valence-corrected chi connectivity index (χ2v) is 14.0. The van der Waals surface area contributed by atoms with Gasteiger partial charge >= 0.3 is 12.4 Å². The largest absolute Gasteiger partial charge is 0.573 e. The minimum atomic E-state index is -5.12. The van der Waals surface area contributed by atoms with Crippen LogP contribution < -0.4 is 19.7 Å². The van der Waals surface area contributed by atoms with E-state index in [1.54, 1.807) is 0 Å². The van der Waals surface area contributed by atoms with Gasteiger partial charge in [-0.1, -0.05) is 0 Å². The molecule has 4 aromatic rings. The highest BCUT2D eigenvalue weighted by molar-refractivity contribution is 6.02. The van der Waals surface area contributed by atoms with Crippen LogP contribution in [0.25, 0.3) is 32.9 Å². The first-order valence-electron chi connectivity index (χ1n) is 16.3. The predicted molar refractivity (Wildman–Crippen MR) is 167 cm³/mol. The lowest BCUT2D eigenvalue weighted by Gasteiger charge is -2.40. The van der Waals surface area contributed by atoms with Gasteiger partial charge in [-0.2, -0.15) is 15.1 Å². The Morgan fingerprint density at radius 2 is 1.85 bits per heavy atom. The number of hydrogen-bond acceptors (Lipinski definition) is 9. The number of fused-ring (bicyclic) bond motifs is 4. The van der Waals surface area contributed by atoms with Crippen molar-refractivity contribution in [2.75, 3.05) is 57.4 Å². The number of piperazine rings is 1. The van der Waals surface area contributed by atoms with Crippen molar-refractivity contribution in [3.05, 3.63) is 35.5 Å². The Kier molecular flexibility index (Phi) is 7.45. The number of H-pyrrole nitrogens is 1. The van der Waals surface area contributed by atoms with E-state index in [2.05, 4.69) is 37.1 Å². The minimum Gasteiger partial charge on any atom is -0.463 e. The number of aryl methyl sites for hydroxylation is 1. The highest BCUT2D eigenvalue weighted by Crippen LogP contribution is 2.48. The Hall–Kier alpha value is -3.82. The average molecular weight is 674 g/mol. The number of hydrogen-bond donors (Lipinski definition) is 2. The number of alkyl halides is 3. The number of aromatic amines is 1. The van der Waals surface area contributed by atoms with E-state index in [4.69, 9.17) is 14.5 Å². The Labute approximate surface area is 272 Å². The van der Waals surface area contributed by atoms with Crippen LogP contribution in [0, 0.1) is 24.0 Å². The van der Waals surface area contributed by atoms with Crippen molar-refractivity contribution in [2.24, 2.45) is 5.41 Å². The van der Waals surface area contributed by atoms with Crippen LogP contribution in [0.5, 0.6) is 11.8 Å². The molecule has 2 bridgehead atoms. The summed E-state index contributed by atoms with van der Waals surface area (Å²) in [5.74, 6) is -2.62. The summed E-state index contributed by atoms with van der Waals surface area (Å²) in [5, 5.41) is 10.4. The smallest absolute Gasteiger partial charge is 0.463 e. The summed E-state index contributed by atoms with van der Waals surface area (Å²) in [6.45, 7) is 8.75. The van der Waals surface area contributed by atoms with Gasteiger partial charge in [0.05, 0.1) is 37.1 Å². The molecule has 5 heterocycles. The molecule has 0 radical (unpaired) electrons. The van der Waals surface area contributed by atoms with Gasteiger partial charge in [0, 0.05) is 66.1 Å². The SMILES string of the molecule is Cc1cc2[nH]ncc2c(-c2c(F)cc3c(N4C[C@H]5CC[C@@](C)(C4)N5)nc(OCC4(CN5CCOCC5)CC4)nc3c2F)c1OC(F)(F)F. The van der Waals surface area contributed by atoms with Crippen molar-refractivity contribution in [1.82, 2.24) is 30.4 Å². The van der Waals surface area contributed by atoms with Crippen molar-refractivity contribution < 1.29 is 36.2 Å². The summed E-state index contributed by atoms with van der Waals surface area (Å²) in [6.07, 6.45) is -0.0867. The molecule has 2 N–H and O–H groups in total. The Morgan fingerprint density at radius 3 is 2.58 bits per heavy atom. The maximum atomic E-state index is 17.0. The van der Waals surface area contributed by atoms with Crippen LogP contribution in [0.2, 0.25) is 0 Å². The highest BCUT2D eigenvalue weighted by atomic mass is 19.4. The van der Waals surface area contributed by atoms with E-state index in [9.17, 15) is 13.2 Å². The van der Waals surface area contributed by atoms with Crippen molar-refractivity contribution in [3.63, 3.8) is 0 Å². The van der Waals surface area contributed by atoms with Crippen LogP contribution in [0.1, 0.15) is 38.2 Å². The lowest BCUT2D eigenvalue weighted by Crippen LogP contribution is -2.58.